The summed E-state index contributed by atoms with van der Waals surface area (Å²) < 4.78 is 0. The third-order valence-corrected chi connectivity index (χ3v) is 2.72. The van der Waals surface area contributed by atoms with Crippen molar-refractivity contribution in [3.05, 3.63) is 0 Å². The summed E-state index contributed by atoms with van der Waals surface area (Å²) >= 11 is 0. The zero-order chi connectivity index (χ0) is 10.6. The van der Waals surface area contributed by atoms with Gasteiger partial charge in [0, 0.05) is 13.0 Å². The van der Waals surface area contributed by atoms with Crippen molar-refractivity contribution in [3.8, 4) is 0 Å². The molecule has 0 heterocycles. The van der Waals surface area contributed by atoms with E-state index in [9.17, 15) is 9.59 Å². The number of rotatable bonds is 3. The summed E-state index contributed by atoms with van der Waals surface area (Å²) in [6.45, 7) is 1.70. The number of carbonyl (C=O) groups excluding carboxylic acids is 2. The quantitative estimate of drug-likeness (QED) is 0.690. The minimum Gasteiger partial charge on any atom is -0.357 e. The molecular weight excluding hydrogens is 180 g/mol. The standard InChI is InChI=1S/C10H18N2O2/c1-7(9(13)11-2)12-10(14)8-5-3-4-6-8/h7-8H,3-6H2,1-2H3,(H,11,13)(H,12,14). The Morgan fingerprint density at radius 1 is 1.29 bits per heavy atom. The lowest BCUT2D eigenvalue weighted by molar-refractivity contribution is -0.130. The molecular formula is C10H18N2O2. The molecule has 2 N–H and O–H groups in total. The summed E-state index contributed by atoms with van der Waals surface area (Å²) in [5, 5.41) is 5.23. The number of nitrogens with one attached hydrogen (secondary N) is 2. The highest BCUT2D eigenvalue weighted by molar-refractivity contribution is 5.88. The van der Waals surface area contributed by atoms with E-state index in [0.717, 1.165) is 25.7 Å². The van der Waals surface area contributed by atoms with Crippen LogP contribution in [-0.2, 0) is 9.59 Å². The van der Waals surface area contributed by atoms with Crippen LogP contribution in [0, 0.1) is 5.92 Å². The van der Waals surface area contributed by atoms with Crippen molar-refractivity contribution in [2.45, 2.75) is 38.6 Å². The van der Waals surface area contributed by atoms with Gasteiger partial charge in [-0.3, -0.25) is 9.59 Å². The molecule has 1 atom stereocenters. The van der Waals surface area contributed by atoms with Gasteiger partial charge in [-0.1, -0.05) is 12.8 Å². The minimum absolute atomic E-state index is 0.0265. The molecule has 1 saturated carbocycles. The van der Waals surface area contributed by atoms with Gasteiger partial charge in [0.1, 0.15) is 6.04 Å². The summed E-state index contributed by atoms with van der Waals surface area (Å²) in [5.74, 6) is 0.0112. The lowest BCUT2D eigenvalue weighted by Crippen LogP contribution is -2.45. The second kappa shape index (κ2) is 4.98. The Hall–Kier alpha value is -1.06. The lowest BCUT2D eigenvalue weighted by Gasteiger charge is -2.15. The molecule has 0 aromatic rings. The van der Waals surface area contributed by atoms with Gasteiger partial charge < -0.3 is 10.6 Å². The lowest BCUT2D eigenvalue weighted by atomic mass is 10.1. The Morgan fingerprint density at radius 2 is 1.86 bits per heavy atom. The second-order valence-corrected chi connectivity index (χ2v) is 3.83. The largest absolute Gasteiger partial charge is 0.357 e. The summed E-state index contributed by atoms with van der Waals surface area (Å²) in [6.07, 6.45) is 4.19. The van der Waals surface area contributed by atoms with Crippen molar-refractivity contribution in [1.29, 1.82) is 0 Å². The third kappa shape index (κ3) is 2.72. The number of likely N-dealkylation sites (N-methyl/N-ethyl adjacent to an activating group) is 1. The van der Waals surface area contributed by atoms with Crippen LogP contribution in [0.1, 0.15) is 32.6 Å². The predicted molar refractivity (Wildman–Crippen MR) is 53.6 cm³/mol. The van der Waals surface area contributed by atoms with E-state index in [1.54, 1.807) is 14.0 Å². The third-order valence-electron chi connectivity index (χ3n) is 2.72. The Morgan fingerprint density at radius 3 is 2.36 bits per heavy atom. The molecule has 1 unspecified atom stereocenters. The van der Waals surface area contributed by atoms with Gasteiger partial charge in [-0.2, -0.15) is 0 Å². The molecule has 2 amide bonds. The molecule has 1 aliphatic rings. The number of carbonyl (C=O) groups is 2. The average Bonchev–Trinajstić information content (AvgIpc) is 2.69. The fraction of sp³-hybridized carbons (Fsp3) is 0.800. The normalized spacial score (nSPS) is 19.0. The van der Waals surface area contributed by atoms with Crippen LogP contribution in [0.3, 0.4) is 0 Å². The predicted octanol–water partition coefficient (Wildman–Crippen LogP) is 0.427. The molecule has 14 heavy (non-hydrogen) atoms. The Kier molecular flexibility index (Phi) is 3.92. The van der Waals surface area contributed by atoms with Crippen LogP contribution >= 0.6 is 0 Å². The van der Waals surface area contributed by atoms with Crippen LogP contribution < -0.4 is 10.6 Å². The zero-order valence-corrected chi connectivity index (χ0v) is 8.80. The van der Waals surface area contributed by atoms with Gasteiger partial charge >= 0.3 is 0 Å². The van der Waals surface area contributed by atoms with Crippen LogP contribution in [0.15, 0.2) is 0 Å². The molecule has 0 aromatic carbocycles. The maximum atomic E-state index is 11.6. The van der Waals surface area contributed by atoms with Crippen LogP contribution in [0.2, 0.25) is 0 Å². The van der Waals surface area contributed by atoms with Crippen molar-refractivity contribution in [1.82, 2.24) is 10.6 Å². The van der Waals surface area contributed by atoms with E-state index in [2.05, 4.69) is 10.6 Å². The second-order valence-electron chi connectivity index (χ2n) is 3.83. The molecule has 0 radical (unpaired) electrons. The average molecular weight is 198 g/mol. The maximum Gasteiger partial charge on any atom is 0.242 e. The molecule has 1 aliphatic carbocycles. The number of amides is 2. The molecule has 1 rings (SSSR count). The zero-order valence-electron chi connectivity index (χ0n) is 8.80. The summed E-state index contributed by atoms with van der Waals surface area (Å²) in [6, 6.07) is -0.423. The minimum atomic E-state index is -0.423. The Bertz CT molecular complexity index is 222. The van der Waals surface area contributed by atoms with Gasteiger partial charge in [-0.25, -0.2) is 0 Å². The first-order valence-electron chi connectivity index (χ1n) is 5.17. The van der Waals surface area contributed by atoms with E-state index in [1.165, 1.54) is 0 Å². The van der Waals surface area contributed by atoms with Crippen molar-refractivity contribution >= 4 is 11.8 Å². The first-order valence-corrected chi connectivity index (χ1v) is 5.17. The molecule has 0 saturated heterocycles. The fourth-order valence-electron chi connectivity index (χ4n) is 1.80. The first-order chi connectivity index (χ1) is 6.65. The van der Waals surface area contributed by atoms with Crippen LogP contribution in [-0.4, -0.2) is 24.9 Å². The van der Waals surface area contributed by atoms with E-state index in [4.69, 9.17) is 0 Å². The fourth-order valence-corrected chi connectivity index (χ4v) is 1.80. The molecule has 4 nitrogen and oxygen atoms in total. The van der Waals surface area contributed by atoms with Gasteiger partial charge in [-0.15, -0.1) is 0 Å². The molecule has 0 aliphatic heterocycles. The van der Waals surface area contributed by atoms with Crippen molar-refractivity contribution in [3.63, 3.8) is 0 Å². The van der Waals surface area contributed by atoms with Crippen molar-refractivity contribution in [2.24, 2.45) is 5.92 Å². The highest BCUT2D eigenvalue weighted by atomic mass is 16.2. The molecule has 0 bridgehead atoms. The van der Waals surface area contributed by atoms with Crippen molar-refractivity contribution < 1.29 is 9.59 Å². The molecule has 0 aromatic heterocycles. The molecule has 80 valence electrons. The van der Waals surface area contributed by atoms with Gasteiger partial charge in [0.05, 0.1) is 0 Å². The Labute approximate surface area is 84.4 Å². The van der Waals surface area contributed by atoms with E-state index in [1.807, 2.05) is 0 Å². The smallest absolute Gasteiger partial charge is 0.242 e. The summed E-state index contributed by atoms with van der Waals surface area (Å²) in [7, 11) is 1.57. The van der Waals surface area contributed by atoms with Gasteiger partial charge in [0.25, 0.3) is 0 Å². The van der Waals surface area contributed by atoms with Gasteiger partial charge in [0.2, 0.25) is 11.8 Å². The topological polar surface area (TPSA) is 58.2 Å². The maximum absolute atomic E-state index is 11.6. The monoisotopic (exact) mass is 198 g/mol. The van der Waals surface area contributed by atoms with E-state index >= 15 is 0 Å². The molecule has 0 spiro atoms. The molecule has 4 heteroatoms. The van der Waals surface area contributed by atoms with Gasteiger partial charge in [0.15, 0.2) is 0 Å². The first kappa shape index (κ1) is 11.0. The van der Waals surface area contributed by atoms with Crippen molar-refractivity contribution in [2.75, 3.05) is 7.05 Å². The highest BCUT2D eigenvalue weighted by Gasteiger charge is 2.24. The number of hydrogen-bond donors (Lipinski definition) is 2. The van der Waals surface area contributed by atoms with E-state index in [-0.39, 0.29) is 17.7 Å². The Balaban J connectivity index is 2.35. The van der Waals surface area contributed by atoms with Crippen LogP contribution in [0.4, 0.5) is 0 Å². The van der Waals surface area contributed by atoms with Crippen LogP contribution in [0.5, 0.6) is 0 Å². The van der Waals surface area contributed by atoms with E-state index < -0.39 is 6.04 Å². The van der Waals surface area contributed by atoms with Gasteiger partial charge in [-0.05, 0) is 19.8 Å². The SMILES string of the molecule is CNC(=O)C(C)NC(=O)C1CCCC1. The molecule has 1 fully saturated rings. The number of hydrogen-bond acceptors (Lipinski definition) is 2. The van der Waals surface area contributed by atoms with Crippen LogP contribution in [0.25, 0.3) is 0 Å². The summed E-state index contributed by atoms with van der Waals surface area (Å²) in [5.41, 5.74) is 0. The summed E-state index contributed by atoms with van der Waals surface area (Å²) in [4.78, 5) is 22.7. The van der Waals surface area contributed by atoms with E-state index in [0.29, 0.717) is 0 Å². The highest BCUT2D eigenvalue weighted by Crippen LogP contribution is 2.24.